The third kappa shape index (κ3) is 10.1. The summed E-state index contributed by atoms with van der Waals surface area (Å²) in [5, 5.41) is 2.33. The zero-order chi connectivity index (χ0) is 71.3. The molecule has 0 N–H and O–H groups in total. The molecule has 2 aliphatic carbocycles. The number of halogens is 1. The van der Waals surface area contributed by atoms with Crippen molar-refractivity contribution in [3.8, 4) is 101 Å². The number of benzene rings is 14. The van der Waals surface area contributed by atoms with E-state index in [1.165, 1.54) is 50.1 Å². The van der Waals surface area contributed by atoms with Gasteiger partial charge in [0, 0.05) is 60.8 Å². The van der Waals surface area contributed by atoms with E-state index in [1.807, 2.05) is 72.8 Å². The molecule has 2 spiro atoms. The molecule has 0 unspecified atom stereocenters. The van der Waals surface area contributed by atoms with Gasteiger partial charge in [-0.1, -0.05) is 315 Å². The van der Waals surface area contributed by atoms with Crippen LogP contribution < -0.4 is 14.9 Å². The number of para-hydroxylation sites is 6. The Hall–Kier alpha value is -12.4. The molecule has 1 fully saturated rings. The van der Waals surface area contributed by atoms with Crippen molar-refractivity contribution in [3.63, 3.8) is 0 Å². The van der Waals surface area contributed by atoms with Crippen LogP contribution in [0.1, 0.15) is 72.2 Å². The highest BCUT2D eigenvalue weighted by Gasteiger charge is 2.55. The van der Waals surface area contributed by atoms with E-state index in [0.717, 1.165) is 117 Å². The zero-order valence-corrected chi connectivity index (χ0v) is 59.5. The fourth-order valence-corrected chi connectivity index (χ4v) is 17.1. The summed E-state index contributed by atoms with van der Waals surface area (Å²) in [6, 6.07) is 119. The topological polar surface area (TPSA) is 88.5 Å². The van der Waals surface area contributed by atoms with E-state index in [9.17, 15) is 0 Å². The second-order valence-electron chi connectivity index (χ2n) is 28.5. The molecule has 8 nitrogen and oxygen atoms in total. The fraction of sp³-hybridized carbons (Fsp3) is 0.0833. The molecule has 0 radical (unpaired) electrons. The fourth-order valence-electron chi connectivity index (χ4n) is 16.9. The minimum absolute atomic E-state index is 0.280. The lowest BCUT2D eigenvalue weighted by atomic mass is 9.65. The Labute approximate surface area is 621 Å². The average molecular weight is 1390 g/mol. The maximum atomic E-state index is 6.99. The Morgan fingerprint density at radius 3 is 1.09 bits per heavy atom. The van der Waals surface area contributed by atoms with E-state index < -0.39 is 29.2 Å². The summed E-state index contributed by atoms with van der Waals surface area (Å²) in [7, 11) is -0.482. The van der Waals surface area contributed by atoms with Crippen molar-refractivity contribution < 1.29 is 18.8 Å². The van der Waals surface area contributed by atoms with Crippen molar-refractivity contribution in [1.82, 2.24) is 19.9 Å². The Morgan fingerprint density at radius 1 is 0.274 bits per heavy atom. The maximum absolute atomic E-state index is 6.99. The number of fused-ring (bicyclic) bond motifs is 20. The van der Waals surface area contributed by atoms with Gasteiger partial charge in [-0.25, -0.2) is 19.9 Å². The van der Waals surface area contributed by atoms with Gasteiger partial charge in [-0.2, -0.15) is 0 Å². The molecule has 21 rings (SSSR count). The summed E-state index contributed by atoms with van der Waals surface area (Å²) >= 11 is 5.95. The van der Waals surface area contributed by atoms with Gasteiger partial charge in [0.25, 0.3) is 0 Å². The number of hydrogen-bond acceptors (Lipinski definition) is 8. The predicted molar refractivity (Wildman–Crippen MR) is 428 cm³/mol. The molecule has 1 saturated heterocycles. The molecule has 0 saturated carbocycles. The highest BCUT2D eigenvalue weighted by atomic mass is 35.5. The molecule has 5 aliphatic rings. The van der Waals surface area contributed by atoms with E-state index >= 15 is 0 Å². The van der Waals surface area contributed by atoms with E-state index in [-0.39, 0.29) is 5.28 Å². The van der Waals surface area contributed by atoms with Crippen LogP contribution in [0, 0.1) is 0 Å². The van der Waals surface area contributed by atoms with Crippen molar-refractivity contribution in [2.24, 2.45) is 0 Å². The zero-order valence-electron chi connectivity index (χ0n) is 58.7. The molecule has 0 atom stereocenters. The lowest BCUT2D eigenvalue weighted by Gasteiger charge is -2.40. The van der Waals surface area contributed by atoms with E-state index in [2.05, 4.69) is 305 Å². The number of ether oxygens (including phenoxy) is 2. The quantitative estimate of drug-likeness (QED) is 0.120. The van der Waals surface area contributed by atoms with Crippen LogP contribution in [-0.2, 0) is 20.1 Å². The lowest BCUT2D eigenvalue weighted by Crippen LogP contribution is -2.41. The third-order valence-corrected chi connectivity index (χ3v) is 22.4. The van der Waals surface area contributed by atoms with Crippen LogP contribution >= 0.6 is 11.6 Å². The van der Waals surface area contributed by atoms with Gasteiger partial charge in [0.05, 0.1) is 44.5 Å². The van der Waals surface area contributed by atoms with E-state index in [4.69, 9.17) is 40.4 Å². The molecule has 3 aliphatic heterocycles. The second-order valence-corrected chi connectivity index (χ2v) is 28.8. The molecule has 0 amide bonds. The van der Waals surface area contributed by atoms with E-state index in [0.29, 0.717) is 5.82 Å². The van der Waals surface area contributed by atoms with Crippen molar-refractivity contribution in [3.05, 3.63) is 390 Å². The van der Waals surface area contributed by atoms with Crippen molar-refractivity contribution in [1.29, 1.82) is 0 Å². The highest BCUT2D eigenvalue weighted by Crippen LogP contribution is 2.65. The minimum Gasteiger partial charge on any atom is -0.456 e. The summed E-state index contributed by atoms with van der Waals surface area (Å²) in [4.78, 5) is 18.9. The van der Waals surface area contributed by atoms with Crippen molar-refractivity contribution >= 4 is 46.0 Å². The Morgan fingerprint density at radius 2 is 0.613 bits per heavy atom. The molecule has 506 valence electrons. The first-order valence-corrected chi connectivity index (χ1v) is 36.4. The normalized spacial score (nSPS) is 14.8. The van der Waals surface area contributed by atoms with Crippen LogP contribution in [0.25, 0.3) is 100 Å². The summed E-state index contributed by atoms with van der Waals surface area (Å²) < 4.78 is 27.0. The summed E-state index contributed by atoms with van der Waals surface area (Å²) in [5.41, 5.74) is 24.7. The SMILES string of the molecule is CC1(C)OB(c2ccccc2-c2cccc3c2Oc2ccccc2C32c3ccccc3-c3ccccc32)OC1(C)C.Clc1nc(-c2ccccc2)c2ccccc2n1.c1ccc(-c2nc(-c3ccccc3-c3cccc4c3Oc3ccccc3C43c4ccccc4-c4ccccc43)nc3ccccc23)cc1. The van der Waals surface area contributed by atoms with Gasteiger partial charge in [-0.15, -0.1) is 0 Å². The van der Waals surface area contributed by atoms with Gasteiger partial charge in [-0.3, -0.25) is 0 Å². The molecule has 5 heterocycles. The second kappa shape index (κ2) is 25.5. The van der Waals surface area contributed by atoms with Crippen molar-refractivity contribution in [2.75, 3.05) is 0 Å². The van der Waals surface area contributed by atoms with E-state index in [1.54, 1.807) is 0 Å². The first-order valence-electron chi connectivity index (χ1n) is 36.0. The average Bonchev–Trinajstić information content (AvgIpc) is 1.48. The molecule has 16 aromatic rings. The predicted octanol–water partition coefficient (Wildman–Crippen LogP) is 23.2. The Balaban J connectivity index is 0.000000120. The van der Waals surface area contributed by atoms with Gasteiger partial charge in [-0.05, 0) is 125 Å². The molecule has 0 bridgehead atoms. The minimum atomic E-state index is -0.526. The molecule has 2 aromatic heterocycles. The summed E-state index contributed by atoms with van der Waals surface area (Å²) in [6.07, 6.45) is 0. The van der Waals surface area contributed by atoms with Crippen LogP contribution in [0.3, 0.4) is 0 Å². The van der Waals surface area contributed by atoms with Gasteiger partial charge in [0.1, 0.15) is 23.0 Å². The summed E-state index contributed by atoms with van der Waals surface area (Å²) in [5.74, 6) is 4.17. The number of nitrogens with zero attached hydrogens (tertiary/aromatic N) is 4. The molecule has 106 heavy (non-hydrogen) atoms. The number of aromatic nitrogens is 4. The largest absolute Gasteiger partial charge is 0.495 e. The monoisotopic (exact) mass is 1390 g/mol. The first-order chi connectivity index (χ1) is 52.0. The summed E-state index contributed by atoms with van der Waals surface area (Å²) in [6.45, 7) is 8.38. The van der Waals surface area contributed by atoms with Crippen LogP contribution in [0.4, 0.5) is 0 Å². The highest BCUT2D eigenvalue weighted by molar-refractivity contribution is 6.64. The Bertz CT molecular complexity index is 6070. The number of hydrogen-bond donors (Lipinski definition) is 0. The number of rotatable bonds is 6. The maximum Gasteiger partial charge on any atom is 0.495 e. The van der Waals surface area contributed by atoms with Crippen LogP contribution in [-0.4, -0.2) is 38.3 Å². The van der Waals surface area contributed by atoms with Gasteiger partial charge in [0.15, 0.2) is 5.82 Å². The lowest BCUT2D eigenvalue weighted by molar-refractivity contribution is 0.00578. The standard InChI is InChI=1S/C45H28N2O.C37H31BO3.C14H9ClN2/c1-2-15-29(16-3-1)42-35-21-8-12-27-40(35)46-44(47-42)34-20-5-4-17-30(34)33-22-14-26-39-43(33)48-41-28-13-11-25-38(41)45(39)36-23-9-6-18-31(36)32-19-7-10-24-37(32)45;1-35(2)36(3,4)41-38(40-35)32-22-11-7-16-26(32)27-17-13-21-31-34(27)39-33-23-12-10-20-30(33)37(31)28-18-8-5-14-24(28)25-15-6-9-19-29(25)37;15-14-16-12-9-5-4-8-11(12)13(17-14)10-6-2-1-3-7-10/h1-28H;5-23H,1-4H3;1-9H. The van der Waals surface area contributed by atoms with Crippen LogP contribution in [0.2, 0.25) is 5.28 Å². The molecular formula is C96H68BClN4O4. The van der Waals surface area contributed by atoms with Crippen LogP contribution in [0.5, 0.6) is 23.0 Å². The van der Waals surface area contributed by atoms with Gasteiger partial charge >= 0.3 is 7.12 Å². The smallest absolute Gasteiger partial charge is 0.456 e. The molecular weight excluding hydrogens is 1320 g/mol. The molecule has 10 heteroatoms. The van der Waals surface area contributed by atoms with Gasteiger partial charge < -0.3 is 18.8 Å². The molecule has 14 aromatic carbocycles. The van der Waals surface area contributed by atoms with Crippen LogP contribution in [0.15, 0.2) is 340 Å². The first kappa shape index (κ1) is 64.5. The van der Waals surface area contributed by atoms with Crippen molar-refractivity contribution in [2.45, 2.75) is 49.7 Å². The third-order valence-electron chi connectivity index (χ3n) is 22.2. The van der Waals surface area contributed by atoms with Gasteiger partial charge in [0.2, 0.25) is 5.28 Å². The Kier molecular flexibility index (Phi) is 15.5.